The maximum atomic E-state index is 13.3. The van der Waals surface area contributed by atoms with E-state index < -0.39 is 27.4 Å². The van der Waals surface area contributed by atoms with E-state index in [0.29, 0.717) is 11.8 Å². The number of aromatic nitrogens is 4. The second-order valence-electron chi connectivity index (χ2n) is 7.64. The second kappa shape index (κ2) is 9.19. The van der Waals surface area contributed by atoms with Crippen LogP contribution in [0.25, 0.3) is 22.2 Å². The average Bonchev–Trinajstić information content (AvgIpc) is 3.15. The number of nitrogens with one attached hydrogen (secondary N) is 1. The molecule has 1 amide bonds. The van der Waals surface area contributed by atoms with Crippen molar-refractivity contribution in [1.29, 1.82) is 0 Å². The molecule has 2 heterocycles. The Bertz CT molecular complexity index is 1420. The van der Waals surface area contributed by atoms with Crippen LogP contribution in [0.2, 0.25) is 0 Å². The lowest BCUT2D eigenvalue weighted by atomic mass is 9.93. The summed E-state index contributed by atoms with van der Waals surface area (Å²) in [5.41, 5.74) is 0.347. The van der Waals surface area contributed by atoms with Crippen LogP contribution in [0.4, 0.5) is 4.79 Å². The van der Waals surface area contributed by atoms with E-state index in [1.807, 2.05) is 13.8 Å². The highest BCUT2D eigenvalue weighted by atomic mass is 32.2. The van der Waals surface area contributed by atoms with E-state index in [1.165, 1.54) is 7.11 Å². The summed E-state index contributed by atoms with van der Waals surface area (Å²) in [5, 5.41) is 4.17. The summed E-state index contributed by atoms with van der Waals surface area (Å²) in [5.74, 6) is 0.0357. The standard InChI is InChI=1S/C20H25N5O7S/c1-12(2)13-11-16-15(10-14(13)17-6-7-21-23(17)3)18(26)24(19(27)22-16)25(33(5,29)30)20(28)32-9-8-31-4/h6-7,10-12H,8-9H2,1-5H3,(H,22,27). The fraction of sp³-hybridized carbons (Fsp3) is 0.400. The summed E-state index contributed by atoms with van der Waals surface area (Å²) < 4.78 is 36.2. The van der Waals surface area contributed by atoms with Gasteiger partial charge < -0.3 is 14.5 Å². The number of sulfonamides is 1. The van der Waals surface area contributed by atoms with Crippen molar-refractivity contribution < 1.29 is 22.7 Å². The molecule has 0 aliphatic carbocycles. The van der Waals surface area contributed by atoms with Gasteiger partial charge in [0, 0.05) is 25.9 Å². The minimum Gasteiger partial charge on any atom is -0.445 e. The van der Waals surface area contributed by atoms with Crippen LogP contribution < -0.4 is 15.7 Å². The SMILES string of the molecule is COCCOC(=O)N(n1c(=O)[nH]c2cc(C(C)C)c(-c3ccnn3C)cc2c1=O)S(C)(=O)=O. The number of benzene rings is 1. The molecule has 0 unspecified atom stereocenters. The molecule has 3 rings (SSSR count). The van der Waals surface area contributed by atoms with Gasteiger partial charge in [-0.15, -0.1) is 4.68 Å². The van der Waals surface area contributed by atoms with E-state index in [0.717, 1.165) is 11.3 Å². The molecule has 0 saturated heterocycles. The largest absolute Gasteiger partial charge is 0.445 e. The predicted molar refractivity (Wildman–Crippen MR) is 121 cm³/mol. The van der Waals surface area contributed by atoms with Gasteiger partial charge in [-0.1, -0.05) is 18.3 Å². The zero-order chi connectivity index (χ0) is 24.5. The molecule has 33 heavy (non-hydrogen) atoms. The maximum Gasteiger partial charge on any atom is 0.444 e. The lowest BCUT2D eigenvalue weighted by molar-refractivity contribution is 0.102. The molecular formula is C20H25N5O7S. The summed E-state index contributed by atoms with van der Waals surface area (Å²) >= 11 is 0. The first kappa shape index (κ1) is 24.2. The fourth-order valence-corrected chi connectivity index (χ4v) is 4.18. The van der Waals surface area contributed by atoms with Crippen LogP contribution in [-0.4, -0.2) is 60.5 Å². The molecule has 0 atom stereocenters. The Morgan fingerprint density at radius 3 is 2.48 bits per heavy atom. The number of carbonyl (C=O) groups excluding carboxylic acids is 1. The molecule has 0 bridgehead atoms. The first-order chi connectivity index (χ1) is 15.5. The lowest BCUT2D eigenvalue weighted by Gasteiger charge is -2.21. The number of hydrogen-bond donors (Lipinski definition) is 1. The first-order valence-electron chi connectivity index (χ1n) is 9.95. The fourth-order valence-electron chi connectivity index (χ4n) is 3.41. The van der Waals surface area contributed by atoms with Gasteiger partial charge in [-0.2, -0.15) is 5.10 Å². The maximum absolute atomic E-state index is 13.3. The van der Waals surface area contributed by atoms with Crippen LogP contribution >= 0.6 is 0 Å². The Morgan fingerprint density at radius 1 is 1.24 bits per heavy atom. The van der Waals surface area contributed by atoms with E-state index in [1.54, 1.807) is 36.1 Å². The summed E-state index contributed by atoms with van der Waals surface area (Å²) in [6.07, 6.45) is 0.881. The molecule has 1 N–H and O–H groups in total. The van der Waals surface area contributed by atoms with E-state index in [4.69, 9.17) is 9.47 Å². The van der Waals surface area contributed by atoms with Crippen molar-refractivity contribution in [3.63, 3.8) is 0 Å². The number of hydrogen-bond acceptors (Lipinski definition) is 8. The molecule has 1 aromatic carbocycles. The third-order valence-electron chi connectivity index (χ3n) is 4.93. The van der Waals surface area contributed by atoms with Crippen molar-refractivity contribution in [2.24, 2.45) is 7.05 Å². The summed E-state index contributed by atoms with van der Waals surface area (Å²) in [6, 6.07) is 4.98. The molecule has 0 aliphatic rings. The van der Waals surface area contributed by atoms with Crippen LogP contribution in [0.1, 0.15) is 25.3 Å². The van der Waals surface area contributed by atoms with Gasteiger partial charge in [0.25, 0.3) is 15.6 Å². The number of ether oxygens (including phenoxy) is 2. The van der Waals surface area contributed by atoms with Gasteiger partial charge in [0.2, 0.25) is 0 Å². The molecule has 3 aromatic rings. The van der Waals surface area contributed by atoms with Gasteiger partial charge in [0.15, 0.2) is 0 Å². The minimum absolute atomic E-state index is 0.00163. The number of fused-ring (bicyclic) bond motifs is 1. The van der Waals surface area contributed by atoms with E-state index in [2.05, 4.69) is 10.1 Å². The third-order valence-corrected chi connectivity index (χ3v) is 5.87. The molecule has 0 aliphatic heterocycles. The zero-order valence-corrected chi connectivity index (χ0v) is 19.7. The van der Waals surface area contributed by atoms with Crippen molar-refractivity contribution in [3.05, 3.63) is 50.8 Å². The predicted octanol–water partition coefficient (Wildman–Crippen LogP) is 0.894. The Labute approximate surface area is 189 Å². The van der Waals surface area contributed by atoms with Crippen molar-refractivity contribution in [2.75, 3.05) is 31.0 Å². The Kier molecular flexibility index (Phi) is 6.74. The Balaban J connectivity index is 2.31. The number of methoxy groups -OCH3 is 1. The van der Waals surface area contributed by atoms with Crippen molar-refractivity contribution in [2.45, 2.75) is 19.8 Å². The van der Waals surface area contributed by atoms with E-state index >= 15 is 0 Å². The van der Waals surface area contributed by atoms with Crippen LogP contribution in [0, 0.1) is 0 Å². The highest BCUT2D eigenvalue weighted by Crippen LogP contribution is 2.31. The number of aromatic amines is 1. The number of nitrogens with zero attached hydrogens (tertiary/aromatic N) is 4. The summed E-state index contributed by atoms with van der Waals surface area (Å²) in [7, 11) is -1.29. The minimum atomic E-state index is -4.40. The second-order valence-corrected chi connectivity index (χ2v) is 9.45. The normalized spacial score (nSPS) is 11.8. The molecule has 13 heteroatoms. The molecule has 178 valence electrons. The number of rotatable bonds is 7. The van der Waals surface area contributed by atoms with E-state index in [9.17, 15) is 22.8 Å². The van der Waals surface area contributed by atoms with Gasteiger partial charge >= 0.3 is 11.8 Å². The molecule has 0 fully saturated rings. The highest BCUT2D eigenvalue weighted by molar-refractivity contribution is 7.92. The molecule has 12 nitrogen and oxygen atoms in total. The van der Waals surface area contributed by atoms with Crippen LogP contribution in [-0.2, 0) is 26.5 Å². The number of carbonyl (C=O) groups is 1. The Hall–Kier alpha value is -3.45. The Morgan fingerprint density at radius 2 is 1.94 bits per heavy atom. The van der Waals surface area contributed by atoms with Crippen molar-refractivity contribution in [3.8, 4) is 11.3 Å². The monoisotopic (exact) mass is 479 g/mol. The average molecular weight is 480 g/mol. The topological polar surface area (TPSA) is 146 Å². The van der Waals surface area contributed by atoms with Crippen molar-refractivity contribution in [1.82, 2.24) is 19.4 Å². The van der Waals surface area contributed by atoms with Gasteiger partial charge in [0.05, 0.1) is 29.5 Å². The number of amides is 1. The quantitative estimate of drug-likeness (QED) is 0.492. The highest BCUT2D eigenvalue weighted by Gasteiger charge is 2.31. The smallest absolute Gasteiger partial charge is 0.444 e. The molecule has 0 saturated carbocycles. The van der Waals surface area contributed by atoms with Crippen LogP contribution in [0.3, 0.4) is 0 Å². The van der Waals surface area contributed by atoms with Crippen LogP contribution in [0.5, 0.6) is 0 Å². The van der Waals surface area contributed by atoms with E-state index in [-0.39, 0.29) is 39.1 Å². The van der Waals surface area contributed by atoms with Crippen molar-refractivity contribution >= 4 is 27.0 Å². The number of H-pyrrole nitrogens is 1. The number of aryl methyl sites for hydroxylation is 1. The molecule has 0 radical (unpaired) electrons. The lowest BCUT2D eigenvalue weighted by Crippen LogP contribution is -2.56. The zero-order valence-electron chi connectivity index (χ0n) is 18.9. The molecule has 2 aromatic heterocycles. The third kappa shape index (κ3) is 4.68. The first-order valence-corrected chi connectivity index (χ1v) is 11.8. The molecular weight excluding hydrogens is 454 g/mol. The van der Waals surface area contributed by atoms with Gasteiger partial charge in [-0.3, -0.25) is 9.48 Å². The molecule has 0 spiro atoms. The van der Waals surface area contributed by atoms with Gasteiger partial charge in [0.1, 0.15) is 6.61 Å². The summed E-state index contributed by atoms with van der Waals surface area (Å²) in [4.78, 5) is 41.1. The van der Waals surface area contributed by atoms with Gasteiger partial charge in [-0.25, -0.2) is 18.0 Å². The summed E-state index contributed by atoms with van der Waals surface area (Å²) in [6.45, 7) is 3.64. The van der Waals surface area contributed by atoms with Gasteiger partial charge in [-0.05, 0) is 29.7 Å². The van der Waals surface area contributed by atoms with Crippen LogP contribution in [0.15, 0.2) is 34.0 Å².